The van der Waals surface area contributed by atoms with Crippen molar-refractivity contribution in [2.45, 2.75) is 39.5 Å². The molecule has 0 aliphatic carbocycles. The summed E-state index contributed by atoms with van der Waals surface area (Å²) in [4.78, 5) is 11.0. The van der Waals surface area contributed by atoms with Gasteiger partial charge in [0.05, 0.1) is 5.69 Å². The zero-order valence-electron chi connectivity index (χ0n) is 8.55. The normalized spacial score (nSPS) is 11.7. The summed E-state index contributed by atoms with van der Waals surface area (Å²) in [6, 6.07) is 0. The van der Waals surface area contributed by atoms with Crippen molar-refractivity contribution in [3.63, 3.8) is 0 Å². The van der Waals surface area contributed by atoms with E-state index in [4.69, 9.17) is 0 Å². The van der Waals surface area contributed by atoms with Crippen molar-refractivity contribution in [1.29, 1.82) is 0 Å². The molecule has 0 spiro atoms. The summed E-state index contributed by atoms with van der Waals surface area (Å²) in [5, 5.41) is 2.04. The molecule has 0 unspecified atom stereocenters. The summed E-state index contributed by atoms with van der Waals surface area (Å²) in [6.07, 6.45) is 0.468. The van der Waals surface area contributed by atoms with Gasteiger partial charge in [0.25, 0.3) is 0 Å². The van der Waals surface area contributed by atoms with Crippen LogP contribution in [0.15, 0.2) is 5.38 Å². The second-order valence-electron chi connectivity index (χ2n) is 4.30. The third-order valence-electron chi connectivity index (χ3n) is 1.87. The van der Waals surface area contributed by atoms with E-state index >= 15 is 0 Å². The highest BCUT2D eigenvalue weighted by atomic mass is 32.1. The molecule has 0 aliphatic rings. The van der Waals surface area contributed by atoms with Gasteiger partial charge in [-0.3, -0.25) is 4.79 Å². The summed E-state index contributed by atoms with van der Waals surface area (Å²) in [5.41, 5.74) is 2.25. The van der Waals surface area contributed by atoms with Crippen LogP contribution in [-0.4, -0.2) is 10.2 Å². The van der Waals surface area contributed by atoms with Crippen LogP contribution in [0.1, 0.15) is 39.0 Å². The lowest BCUT2D eigenvalue weighted by atomic mass is 9.87. The number of hydrogen-bond acceptors (Lipinski definition) is 3. The Morgan fingerprint density at radius 2 is 2.15 bits per heavy atom. The van der Waals surface area contributed by atoms with Crippen molar-refractivity contribution in [2.75, 3.05) is 0 Å². The van der Waals surface area contributed by atoms with E-state index in [1.54, 1.807) is 6.92 Å². The first-order valence-electron chi connectivity index (χ1n) is 4.34. The van der Waals surface area contributed by atoms with Gasteiger partial charge in [0.15, 0.2) is 0 Å². The van der Waals surface area contributed by atoms with Gasteiger partial charge in [0.1, 0.15) is 5.78 Å². The summed E-state index contributed by atoms with van der Waals surface area (Å²) >= 11 is 1.43. The van der Waals surface area contributed by atoms with Crippen molar-refractivity contribution in [2.24, 2.45) is 0 Å². The molecule has 1 aromatic rings. The topological polar surface area (TPSA) is 30.0 Å². The molecule has 1 aromatic heterocycles. The Morgan fingerprint density at radius 1 is 1.54 bits per heavy atom. The number of nitrogens with zero attached hydrogens (tertiary/aromatic N) is 1. The van der Waals surface area contributed by atoms with E-state index in [0.717, 1.165) is 5.69 Å². The van der Waals surface area contributed by atoms with Crippen molar-refractivity contribution in [1.82, 2.24) is 4.37 Å². The molecule has 0 bridgehead atoms. The summed E-state index contributed by atoms with van der Waals surface area (Å²) in [7, 11) is 0. The third kappa shape index (κ3) is 2.62. The van der Waals surface area contributed by atoms with E-state index in [-0.39, 0.29) is 11.2 Å². The van der Waals surface area contributed by atoms with E-state index in [9.17, 15) is 4.79 Å². The molecule has 0 aromatic carbocycles. The van der Waals surface area contributed by atoms with Crippen LogP contribution in [0.4, 0.5) is 0 Å². The number of carbonyl (C=O) groups is 1. The Kier molecular flexibility index (Phi) is 2.86. The lowest BCUT2D eigenvalue weighted by molar-refractivity contribution is -0.116. The molecule has 1 rings (SSSR count). The highest BCUT2D eigenvalue weighted by Crippen LogP contribution is 2.27. The fraction of sp³-hybridized carbons (Fsp3) is 0.600. The number of aromatic nitrogens is 1. The number of ketones is 1. The van der Waals surface area contributed by atoms with Crippen LogP contribution in [0, 0.1) is 0 Å². The molecule has 0 amide bonds. The molecule has 0 fully saturated rings. The van der Waals surface area contributed by atoms with Crippen molar-refractivity contribution < 1.29 is 4.79 Å². The Bertz CT molecular complexity index is 309. The van der Waals surface area contributed by atoms with Gasteiger partial charge in [-0.2, -0.15) is 4.37 Å². The lowest BCUT2D eigenvalue weighted by Crippen LogP contribution is -2.14. The van der Waals surface area contributed by atoms with E-state index < -0.39 is 0 Å². The zero-order valence-corrected chi connectivity index (χ0v) is 9.36. The van der Waals surface area contributed by atoms with Crippen LogP contribution in [-0.2, 0) is 16.6 Å². The average molecular weight is 197 g/mol. The average Bonchev–Trinajstić information content (AvgIpc) is 2.31. The van der Waals surface area contributed by atoms with Crippen LogP contribution < -0.4 is 0 Å². The second-order valence-corrected chi connectivity index (χ2v) is 4.93. The molecule has 13 heavy (non-hydrogen) atoms. The number of carbonyl (C=O) groups excluding carboxylic acids is 1. The number of rotatable bonds is 2. The minimum absolute atomic E-state index is 0.0950. The molecule has 2 nitrogen and oxygen atoms in total. The molecule has 0 atom stereocenters. The van der Waals surface area contributed by atoms with Crippen LogP contribution in [0.25, 0.3) is 0 Å². The van der Waals surface area contributed by atoms with Crippen LogP contribution in [0.5, 0.6) is 0 Å². The van der Waals surface area contributed by atoms with Gasteiger partial charge in [-0.25, -0.2) is 0 Å². The van der Waals surface area contributed by atoms with Gasteiger partial charge in [-0.1, -0.05) is 20.8 Å². The minimum atomic E-state index is 0.0950. The largest absolute Gasteiger partial charge is 0.300 e. The standard InChI is InChI=1S/C10H15NOS/c1-7(12)5-9-8(6-13-11-9)10(2,3)4/h6H,5H2,1-4H3. The monoisotopic (exact) mass is 197 g/mol. The minimum Gasteiger partial charge on any atom is -0.300 e. The van der Waals surface area contributed by atoms with Crippen molar-refractivity contribution in [3.05, 3.63) is 16.6 Å². The van der Waals surface area contributed by atoms with E-state index in [0.29, 0.717) is 6.42 Å². The highest BCUT2D eigenvalue weighted by Gasteiger charge is 2.20. The first-order valence-corrected chi connectivity index (χ1v) is 5.18. The van der Waals surface area contributed by atoms with Gasteiger partial charge in [0.2, 0.25) is 0 Å². The molecule has 0 saturated heterocycles. The summed E-state index contributed by atoms with van der Waals surface area (Å²) in [6.45, 7) is 8.02. The molecule has 0 radical (unpaired) electrons. The second kappa shape index (κ2) is 3.58. The van der Waals surface area contributed by atoms with E-state index in [1.807, 2.05) is 5.38 Å². The molecule has 72 valence electrons. The molecule has 0 N–H and O–H groups in total. The predicted octanol–water partition coefficient (Wildman–Crippen LogP) is 2.57. The van der Waals surface area contributed by atoms with Crippen molar-refractivity contribution in [3.8, 4) is 0 Å². The summed E-state index contributed by atoms with van der Waals surface area (Å²) < 4.78 is 4.24. The maximum atomic E-state index is 11.0. The quantitative estimate of drug-likeness (QED) is 0.729. The molecular weight excluding hydrogens is 182 g/mol. The maximum Gasteiger partial charge on any atom is 0.135 e. The fourth-order valence-corrected chi connectivity index (χ4v) is 2.17. The zero-order chi connectivity index (χ0) is 10.1. The summed E-state index contributed by atoms with van der Waals surface area (Å²) in [5.74, 6) is 0.177. The highest BCUT2D eigenvalue weighted by molar-refractivity contribution is 7.03. The van der Waals surface area contributed by atoms with Gasteiger partial charge in [-0.15, -0.1) is 0 Å². The van der Waals surface area contributed by atoms with Crippen LogP contribution in [0.3, 0.4) is 0 Å². The van der Waals surface area contributed by atoms with Crippen LogP contribution >= 0.6 is 11.5 Å². The van der Waals surface area contributed by atoms with Crippen molar-refractivity contribution >= 4 is 17.3 Å². The van der Waals surface area contributed by atoms with Gasteiger partial charge in [0, 0.05) is 11.8 Å². The van der Waals surface area contributed by atoms with Gasteiger partial charge in [-0.05, 0) is 29.4 Å². The Balaban J connectivity index is 2.96. The molecular formula is C10H15NOS. The first kappa shape index (κ1) is 10.4. The van der Waals surface area contributed by atoms with Crippen LogP contribution in [0.2, 0.25) is 0 Å². The smallest absolute Gasteiger partial charge is 0.135 e. The molecule has 1 heterocycles. The van der Waals surface area contributed by atoms with Gasteiger partial charge >= 0.3 is 0 Å². The third-order valence-corrected chi connectivity index (χ3v) is 2.54. The van der Waals surface area contributed by atoms with E-state index in [1.165, 1.54) is 17.1 Å². The molecule has 0 saturated carbocycles. The SMILES string of the molecule is CC(=O)Cc1nscc1C(C)(C)C. The van der Waals surface area contributed by atoms with E-state index in [2.05, 4.69) is 25.1 Å². The Hall–Kier alpha value is -0.700. The Labute approximate surface area is 83.1 Å². The molecule has 0 aliphatic heterocycles. The number of hydrogen-bond donors (Lipinski definition) is 0. The Morgan fingerprint density at radius 3 is 2.62 bits per heavy atom. The first-order chi connectivity index (χ1) is 5.91. The maximum absolute atomic E-state index is 11.0. The molecule has 3 heteroatoms. The lowest BCUT2D eigenvalue weighted by Gasteiger charge is -2.17. The predicted molar refractivity (Wildman–Crippen MR) is 55.2 cm³/mol. The van der Waals surface area contributed by atoms with Gasteiger partial charge < -0.3 is 0 Å². The number of Topliss-reactive ketones (excluding diaryl/α,β-unsaturated/α-hetero) is 1. The fourth-order valence-electron chi connectivity index (χ4n) is 1.23.